The Morgan fingerprint density at radius 2 is 1.56 bits per heavy atom. The van der Waals surface area contributed by atoms with Crippen molar-refractivity contribution in [2.45, 2.75) is 0 Å². The van der Waals surface area contributed by atoms with Crippen LogP contribution in [0.4, 0.5) is 27.5 Å². The van der Waals surface area contributed by atoms with Crippen LogP contribution in [-0.4, -0.2) is 6.03 Å². The number of benzene rings is 2. The molecule has 2 aromatic rings. The summed E-state index contributed by atoms with van der Waals surface area (Å²) in [4.78, 5) is 11.7. The van der Waals surface area contributed by atoms with E-state index in [1.54, 1.807) is 48.5 Å². The quantitative estimate of drug-likeness (QED) is 0.609. The number of nitrogens with two attached hydrogens (primary N) is 2. The largest absolute Gasteiger partial charge is 0.399 e. The van der Waals surface area contributed by atoms with Gasteiger partial charge in [0.1, 0.15) is 0 Å². The summed E-state index contributed by atoms with van der Waals surface area (Å²) in [5.41, 5.74) is 13.7. The number of rotatable bonds is 2. The SMILES string of the molecule is Nc1ccc(NC(=O)Nc2ccccc2N)cc1. The van der Waals surface area contributed by atoms with Crippen LogP contribution in [0.5, 0.6) is 0 Å². The molecule has 5 heteroatoms. The molecular weight excluding hydrogens is 228 g/mol. The number of carbonyl (C=O) groups is 1. The lowest BCUT2D eigenvalue weighted by Gasteiger charge is -2.09. The number of anilines is 4. The van der Waals surface area contributed by atoms with Crippen molar-refractivity contribution in [3.05, 3.63) is 48.5 Å². The Labute approximate surface area is 105 Å². The van der Waals surface area contributed by atoms with E-state index in [4.69, 9.17) is 11.5 Å². The van der Waals surface area contributed by atoms with Gasteiger partial charge in [0.15, 0.2) is 0 Å². The molecular formula is C13H14N4O. The summed E-state index contributed by atoms with van der Waals surface area (Å²) in [7, 11) is 0. The van der Waals surface area contributed by atoms with Crippen LogP contribution < -0.4 is 22.1 Å². The molecule has 2 rings (SSSR count). The van der Waals surface area contributed by atoms with Crippen molar-refractivity contribution in [1.29, 1.82) is 0 Å². The standard InChI is InChI=1S/C13H14N4O/c14-9-5-7-10(8-6-9)16-13(18)17-12-4-2-1-3-11(12)15/h1-8H,14-15H2,(H2,16,17,18). The highest BCUT2D eigenvalue weighted by atomic mass is 16.2. The molecule has 0 saturated heterocycles. The first-order chi connectivity index (χ1) is 8.65. The number of hydrogen-bond donors (Lipinski definition) is 4. The monoisotopic (exact) mass is 242 g/mol. The van der Waals surface area contributed by atoms with Crippen molar-refractivity contribution in [1.82, 2.24) is 0 Å². The van der Waals surface area contributed by atoms with E-state index in [1.807, 2.05) is 0 Å². The van der Waals surface area contributed by atoms with Gasteiger partial charge in [0, 0.05) is 11.4 Å². The second kappa shape index (κ2) is 5.09. The fraction of sp³-hybridized carbons (Fsp3) is 0. The highest BCUT2D eigenvalue weighted by Crippen LogP contribution is 2.17. The van der Waals surface area contributed by atoms with E-state index in [-0.39, 0.29) is 6.03 Å². The molecule has 0 fully saturated rings. The van der Waals surface area contributed by atoms with Crippen LogP contribution in [0.2, 0.25) is 0 Å². The van der Waals surface area contributed by atoms with Gasteiger partial charge < -0.3 is 22.1 Å². The van der Waals surface area contributed by atoms with Crippen LogP contribution in [0.25, 0.3) is 0 Å². The third-order valence-corrected chi connectivity index (χ3v) is 2.38. The highest BCUT2D eigenvalue weighted by molar-refractivity contribution is 6.01. The molecule has 0 aromatic heterocycles. The van der Waals surface area contributed by atoms with Gasteiger partial charge in [0.25, 0.3) is 0 Å². The number of carbonyl (C=O) groups excluding carboxylic acids is 1. The van der Waals surface area contributed by atoms with Crippen LogP contribution in [0.1, 0.15) is 0 Å². The molecule has 0 aliphatic carbocycles. The minimum Gasteiger partial charge on any atom is -0.399 e. The molecule has 5 nitrogen and oxygen atoms in total. The summed E-state index contributed by atoms with van der Waals surface area (Å²) in [5.74, 6) is 0. The summed E-state index contributed by atoms with van der Waals surface area (Å²) in [6.45, 7) is 0. The van der Waals surface area contributed by atoms with Crippen LogP contribution in [0.15, 0.2) is 48.5 Å². The molecule has 0 spiro atoms. The van der Waals surface area contributed by atoms with Crippen LogP contribution in [0.3, 0.4) is 0 Å². The van der Waals surface area contributed by atoms with E-state index in [1.165, 1.54) is 0 Å². The number of nitrogens with one attached hydrogen (secondary N) is 2. The van der Waals surface area contributed by atoms with Crippen molar-refractivity contribution in [2.24, 2.45) is 0 Å². The second-order valence-corrected chi connectivity index (χ2v) is 3.79. The van der Waals surface area contributed by atoms with Crippen molar-refractivity contribution in [3.8, 4) is 0 Å². The van der Waals surface area contributed by atoms with Crippen LogP contribution in [-0.2, 0) is 0 Å². The van der Waals surface area contributed by atoms with Crippen molar-refractivity contribution in [2.75, 3.05) is 22.1 Å². The lowest BCUT2D eigenvalue weighted by molar-refractivity contribution is 0.262. The molecule has 18 heavy (non-hydrogen) atoms. The summed E-state index contributed by atoms with van der Waals surface area (Å²) in [5, 5.41) is 5.35. The van der Waals surface area contributed by atoms with Gasteiger partial charge in [0.05, 0.1) is 11.4 Å². The number of urea groups is 1. The lowest BCUT2D eigenvalue weighted by Crippen LogP contribution is -2.20. The Morgan fingerprint density at radius 1 is 0.889 bits per heavy atom. The maximum atomic E-state index is 11.7. The maximum absolute atomic E-state index is 11.7. The Morgan fingerprint density at radius 3 is 2.22 bits per heavy atom. The van der Waals surface area contributed by atoms with Gasteiger partial charge in [-0.3, -0.25) is 0 Å². The predicted molar refractivity (Wildman–Crippen MR) is 74.4 cm³/mol. The molecule has 2 amide bonds. The van der Waals surface area contributed by atoms with Crippen molar-refractivity contribution >= 4 is 28.8 Å². The van der Waals surface area contributed by atoms with Crippen LogP contribution in [0, 0.1) is 0 Å². The smallest absolute Gasteiger partial charge is 0.323 e. The van der Waals surface area contributed by atoms with Gasteiger partial charge in [-0.1, -0.05) is 12.1 Å². The lowest BCUT2D eigenvalue weighted by atomic mass is 10.2. The van der Waals surface area contributed by atoms with Gasteiger partial charge in [-0.15, -0.1) is 0 Å². The Bertz CT molecular complexity index is 551. The van der Waals surface area contributed by atoms with Crippen molar-refractivity contribution in [3.63, 3.8) is 0 Å². The molecule has 0 radical (unpaired) electrons. The molecule has 92 valence electrons. The Hall–Kier alpha value is -2.69. The Balaban J connectivity index is 2.01. The topological polar surface area (TPSA) is 93.2 Å². The fourth-order valence-corrected chi connectivity index (χ4v) is 1.46. The molecule has 0 unspecified atom stereocenters. The average Bonchev–Trinajstić information content (AvgIpc) is 2.35. The van der Waals surface area contributed by atoms with Gasteiger partial charge in [-0.05, 0) is 36.4 Å². The average molecular weight is 242 g/mol. The minimum absolute atomic E-state index is 0.349. The summed E-state index contributed by atoms with van der Waals surface area (Å²) < 4.78 is 0. The maximum Gasteiger partial charge on any atom is 0.323 e. The second-order valence-electron chi connectivity index (χ2n) is 3.79. The third kappa shape index (κ3) is 2.91. The molecule has 2 aromatic carbocycles. The highest BCUT2D eigenvalue weighted by Gasteiger charge is 2.04. The first-order valence-corrected chi connectivity index (χ1v) is 5.43. The van der Waals surface area contributed by atoms with E-state index < -0.39 is 0 Å². The van der Waals surface area contributed by atoms with E-state index in [0.29, 0.717) is 22.7 Å². The predicted octanol–water partition coefficient (Wildman–Crippen LogP) is 2.50. The fourth-order valence-electron chi connectivity index (χ4n) is 1.46. The summed E-state index contributed by atoms with van der Waals surface area (Å²) >= 11 is 0. The molecule has 0 aliphatic rings. The number of para-hydroxylation sites is 2. The third-order valence-electron chi connectivity index (χ3n) is 2.38. The van der Waals surface area contributed by atoms with E-state index in [0.717, 1.165) is 0 Å². The zero-order valence-corrected chi connectivity index (χ0v) is 9.68. The zero-order chi connectivity index (χ0) is 13.0. The van der Waals surface area contributed by atoms with Crippen molar-refractivity contribution < 1.29 is 4.79 Å². The summed E-state index contributed by atoms with van der Waals surface area (Å²) in [6, 6.07) is 13.6. The molecule has 0 heterocycles. The van der Waals surface area contributed by atoms with Gasteiger partial charge >= 0.3 is 6.03 Å². The number of amides is 2. The normalized spacial score (nSPS) is 9.78. The van der Waals surface area contributed by atoms with E-state index in [2.05, 4.69) is 10.6 Å². The molecule has 6 N–H and O–H groups in total. The van der Waals surface area contributed by atoms with Gasteiger partial charge in [0.2, 0.25) is 0 Å². The molecule has 0 aliphatic heterocycles. The number of nitrogen functional groups attached to an aromatic ring is 2. The minimum atomic E-state index is -0.349. The summed E-state index contributed by atoms with van der Waals surface area (Å²) in [6.07, 6.45) is 0. The molecule has 0 saturated carbocycles. The number of hydrogen-bond acceptors (Lipinski definition) is 3. The molecule has 0 bridgehead atoms. The Kier molecular flexibility index (Phi) is 3.33. The molecule has 0 atom stereocenters. The van der Waals surface area contributed by atoms with E-state index >= 15 is 0 Å². The zero-order valence-electron chi connectivity index (χ0n) is 9.68. The van der Waals surface area contributed by atoms with E-state index in [9.17, 15) is 4.79 Å². The van der Waals surface area contributed by atoms with Gasteiger partial charge in [-0.2, -0.15) is 0 Å². The van der Waals surface area contributed by atoms with Gasteiger partial charge in [-0.25, -0.2) is 4.79 Å². The van der Waals surface area contributed by atoms with Crippen LogP contribution >= 0.6 is 0 Å². The first-order valence-electron chi connectivity index (χ1n) is 5.43. The first kappa shape index (κ1) is 11.8.